The van der Waals surface area contributed by atoms with E-state index in [9.17, 15) is 0 Å². The molecule has 3 aromatic heterocycles. The molecule has 10 rings (SSSR count). The normalized spacial score (nSPS) is 11.2. The highest BCUT2D eigenvalue weighted by Crippen LogP contribution is 2.39. The topological polar surface area (TPSA) is 51.6 Å². The van der Waals surface area contributed by atoms with Gasteiger partial charge in [0.2, 0.25) is 0 Å². The standard InChI is InChI=1S/C52H34N4/c1-5-17-35(18-6-1)39-29-40(36-19-7-2-8-20-36)31-41(30-39)48-32-49(50-44-27-15-13-25-42(44)46(33-53-50)37-21-9-3-10-22-37)56-52(55-48)51-45-28-16-14-26-43(45)47(34-54-51)38-23-11-4-12-24-38/h1-34H. The van der Waals surface area contributed by atoms with Crippen LogP contribution in [0.4, 0.5) is 0 Å². The summed E-state index contributed by atoms with van der Waals surface area (Å²) in [5.41, 5.74) is 12.8. The van der Waals surface area contributed by atoms with E-state index in [1.807, 2.05) is 24.5 Å². The van der Waals surface area contributed by atoms with Gasteiger partial charge in [0.05, 0.1) is 17.1 Å². The van der Waals surface area contributed by atoms with Crippen LogP contribution in [0.3, 0.4) is 0 Å². The minimum atomic E-state index is 0.540. The first-order chi connectivity index (χ1) is 27.8. The molecule has 0 spiro atoms. The second-order valence-electron chi connectivity index (χ2n) is 13.9. The first kappa shape index (κ1) is 33.0. The average Bonchev–Trinajstić information content (AvgIpc) is 3.29. The zero-order valence-corrected chi connectivity index (χ0v) is 30.4. The van der Waals surface area contributed by atoms with Crippen molar-refractivity contribution in [3.8, 4) is 78.7 Å². The van der Waals surface area contributed by atoms with E-state index in [1.54, 1.807) is 0 Å². The van der Waals surface area contributed by atoms with Crippen molar-refractivity contribution in [3.63, 3.8) is 0 Å². The van der Waals surface area contributed by atoms with Gasteiger partial charge in [-0.1, -0.05) is 170 Å². The molecule has 4 heteroatoms. The van der Waals surface area contributed by atoms with Crippen molar-refractivity contribution in [1.82, 2.24) is 19.9 Å². The number of nitrogens with zero attached hydrogens (tertiary/aromatic N) is 4. The van der Waals surface area contributed by atoms with Gasteiger partial charge < -0.3 is 0 Å². The molecular weight excluding hydrogens is 681 g/mol. The molecule has 0 saturated heterocycles. The van der Waals surface area contributed by atoms with Gasteiger partial charge >= 0.3 is 0 Å². The quantitative estimate of drug-likeness (QED) is 0.165. The SMILES string of the molecule is c1ccc(-c2cc(-c3ccccc3)cc(-c3cc(-c4ncc(-c5ccccc5)c5ccccc45)nc(-c4ncc(-c5ccccc5)c5ccccc45)n3)c2)cc1. The lowest BCUT2D eigenvalue weighted by atomic mass is 9.94. The highest BCUT2D eigenvalue weighted by atomic mass is 14.9. The summed E-state index contributed by atoms with van der Waals surface area (Å²) in [7, 11) is 0. The molecular formula is C52H34N4. The van der Waals surface area contributed by atoms with Crippen LogP contribution < -0.4 is 0 Å². The van der Waals surface area contributed by atoms with Gasteiger partial charge in [0.1, 0.15) is 5.69 Å². The van der Waals surface area contributed by atoms with Crippen LogP contribution in [0.2, 0.25) is 0 Å². The van der Waals surface area contributed by atoms with Crippen molar-refractivity contribution in [2.45, 2.75) is 0 Å². The third kappa shape index (κ3) is 6.19. The van der Waals surface area contributed by atoms with Gasteiger partial charge in [-0.3, -0.25) is 9.97 Å². The molecule has 0 aliphatic heterocycles. The van der Waals surface area contributed by atoms with Crippen LogP contribution in [0.5, 0.6) is 0 Å². The van der Waals surface area contributed by atoms with Crippen molar-refractivity contribution in [3.05, 3.63) is 207 Å². The predicted octanol–water partition coefficient (Wildman–Crippen LogP) is 13.2. The Morgan fingerprint density at radius 3 is 1.14 bits per heavy atom. The number of hydrogen-bond acceptors (Lipinski definition) is 4. The van der Waals surface area contributed by atoms with Crippen molar-refractivity contribution in [2.75, 3.05) is 0 Å². The lowest BCUT2D eigenvalue weighted by molar-refractivity contribution is 1.15. The second-order valence-corrected chi connectivity index (χ2v) is 13.9. The molecule has 0 fully saturated rings. The Bertz CT molecular complexity index is 2800. The van der Waals surface area contributed by atoms with Crippen LogP contribution in [0.15, 0.2) is 207 Å². The van der Waals surface area contributed by atoms with Crippen LogP contribution >= 0.6 is 0 Å². The molecule has 0 aliphatic rings. The van der Waals surface area contributed by atoms with E-state index in [0.717, 1.165) is 94.4 Å². The molecule has 56 heavy (non-hydrogen) atoms. The van der Waals surface area contributed by atoms with Crippen LogP contribution in [-0.2, 0) is 0 Å². The van der Waals surface area contributed by atoms with Crippen LogP contribution in [-0.4, -0.2) is 19.9 Å². The van der Waals surface area contributed by atoms with Gasteiger partial charge in [-0.05, 0) is 68.4 Å². The Hall–Kier alpha value is -7.56. The van der Waals surface area contributed by atoms with E-state index in [0.29, 0.717) is 5.82 Å². The lowest BCUT2D eigenvalue weighted by Crippen LogP contribution is -2.00. The first-order valence-corrected chi connectivity index (χ1v) is 18.8. The van der Waals surface area contributed by atoms with E-state index in [2.05, 4.69) is 182 Å². The van der Waals surface area contributed by atoms with E-state index in [1.165, 1.54) is 0 Å². The van der Waals surface area contributed by atoms with Crippen molar-refractivity contribution < 1.29 is 0 Å². The molecule has 0 saturated carbocycles. The maximum absolute atomic E-state index is 5.37. The first-order valence-electron chi connectivity index (χ1n) is 18.8. The fourth-order valence-corrected chi connectivity index (χ4v) is 7.66. The summed E-state index contributed by atoms with van der Waals surface area (Å²) in [5, 5.41) is 4.20. The van der Waals surface area contributed by atoms with Crippen molar-refractivity contribution >= 4 is 21.5 Å². The van der Waals surface area contributed by atoms with Gasteiger partial charge in [-0.15, -0.1) is 0 Å². The molecule has 0 amide bonds. The summed E-state index contributed by atoms with van der Waals surface area (Å²) in [6.45, 7) is 0. The van der Waals surface area contributed by atoms with Gasteiger partial charge in [0.15, 0.2) is 5.82 Å². The minimum Gasteiger partial charge on any atom is -0.253 e. The maximum Gasteiger partial charge on any atom is 0.180 e. The van der Waals surface area contributed by atoms with E-state index in [4.69, 9.17) is 19.9 Å². The zero-order chi connectivity index (χ0) is 37.3. The third-order valence-electron chi connectivity index (χ3n) is 10.4. The predicted molar refractivity (Wildman–Crippen MR) is 231 cm³/mol. The monoisotopic (exact) mass is 714 g/mol. The van der Waals surface area contributed by atoms with E-state index in [-0.39, 0.29) is 0 Å². The molecule has 0 radical (unpaired) electrons. The minimum absolute atomic E-state index is 0.540. The lowest BCUT2D eigenvalue weighted by Gasteiger charge is -2.15. The summed E-state index contributed by atoms with van der Waals surface area (Å²) in [5.74, 6) is 0.540. The molecule has 4 nitrogen and oxygen atoms in total. The second kappa shape index (κ2) is 14.3. The smallest absolute Gasteiger partial charge is 0.180 e. The average molecular weight is 715 g/mol. The fraction of sp³-hybridized carbons (Fsp3) is 0. The van der Waals surface area contributed by atoms with Gasteiger partial charge in [0, 0.05) is 39.9 Å². The summed E-state index contributed by atoms with van der Waals surface area (Å²) in [6, 6.07) is 67.5. The van der Waals surface area contributed by atoms with Crippen LogP contribution in [0.25, 0.3) is 100 Å². The highest BCUT2D eigenvalue weighted by molar-refractivity contribution is 6.04. The molecule has 0 aliphatic carbocycles. The van der Waals surface area contributed by atoms with Crippen LogP contribution in [0, 0.1) is 0 Å². The molecule has 0 unspecified atom stereocenters. The Balaban J connectivity index is 1.24. The summed E-state index contributed by atoms with van der Waals surface area (Å²) in [4.78, 5) is 21.0. The summed E-state index contributed by atoms with van der Waals surface area (Å²) in [6.07, 6.45) is 3.93. The summed E-state index contributed by atoms with van der Waals surface area (Å²) >= 11 is 0. The molecule has 0 bridgehead atoms. The number of hydrogen-bond donors (Lipinski definition) is 0. The fourth-order valence-electron chi connectivity index (χ4n) is 7.66. The molecule has 0 atom stereocenters. The Kier molecular flexibility index (Phi) is 8.47. The van der Waals surface area contributed by atoms with Crippen molar-refractivity contribution in [1.29, 1.82) is 0 Å². The number of pyridine rings is 2. The zero-order valence-electron chi connectivity index (χ0n) is 30.4. The Morgan fingerprint density at radius 1 is 0.268 bits per heavy atom. The Morgan fingerprint density at radius 2 is 0.643 bits per heavy atom. The van der Waals surface area contributed by atoms with Crippen molar-refractivity contribution in [2.24, 2.45) is 0 Å². The van der Waals surface area contributed by atoms with Gasteiger partial charge in [-0.2, -0.15) is 0 Å². The van der Waals surface area contributed by atoms with E-state index < -0.39 is 0 Å². The molecule has 3 heterocycles. The number of benzene rings is 7. The molecule has 0 N–H and O–H groups in total. The number of rotatable bonds is 7. The summed E-state index contributed by atoms with van der Waals surface area (Å²) < 4.78 is 0. The number of aromatic nitrogens is 4. The molecule has 10 aromatic rings. The molecule has 7 aromatic carbocycles. The van der Waals surface area contributed by atoms with Gasteiger partial charge in [-0.25, -0.2) is 9.97 Å². The van der Waals surface area contributed by atoms with Crippen LogP contribution in [0.1, 0.15) is 0 Å². The van der Waals surface area contributed by atoms with E-state index >= 15 is 0 Å². The Labute approximate surface area is 325 Å². The maximum atomic E-state index is 5.37. The molecule has 262 valence electrons. The number of fused-ring (bicyclic) bond motifs is 2. The van der Waals surface area contributed by atoms with Gasteiger partial charge in [0.25, 0.3) is 0 Å². The third-order valence-corrected chi connectivity index (χ3v) is 10.4. The highest BCUT2D eigenvalue weighted by Gasteiger charge is 2.20. The largest absolute Gasteiger partial charge is 0.253 e.